The first-order chi connectivity index (χ1) is 50.7. The Morgan fingerprint density at radius 2 is 0.679 bits per heavy atom. The minimum atomic E-state index is -4.63. The first-order valence-electron chi connectivity index (χ1n) is 33.7. The lowest BCUT2D eigenvalue weighted by Gasteiger charge is -2.29. The van der Waals surface area contributed by atoms with Crippen molar-refractivity contribution in [3.63, 3.8) is 0 Å². The van der Waals surface area contributed by atoms with Gasteiger partial charge in [0.25, 0.3) is 23.8 Å². The van der Waals surface area contributed by atoms with Crippen molar-refractivity contribution in [3.05, 3.63) is 119 Å². The number of halogens is 21. The molecule has 0 aromatic carbocycles. The molecule has 8 aromatic heterocycles. The van der Waals surface area contributed by atoms with Gasteiger partial charge in [0, 0.05) is 139 Å². The fraction of sp³-hybridized carbons (Fsp3) is 0.554. The zero-order valence-electron chi connectivity index (χ0n) is 58.1. The monoisotopic (exact) mass is 1640 g/mol. The Morgan fingerprint density at radius 3 is 0.927 bits per heavy atom. The van der Waals surface area contributed by atoms with Crippen molar-refractivity contribution in [3.8, 4) is 23.8 Å². The maximum Gasteiger partial charge on any atom is 0.435 e. The summed E-state index contributed by atoms with van der Waals surface area (Å²) in [5.74, 6) is -10.5. The van der Waals surface area contributed by atoms with Crippen LogP contribution in [0.4, 0.5) is 111 Å². The van der Waals surface area contributed by atoms with Gasteiger partial charge in [-0.15, -0.1) is 0 Å². The summed E-state index contributed by atoms with van der Waals surface area (Å²) in [6, 6.07) is 8.30. The third-order valence-corrected chi connectivity index (χ3v) is 18.0. The Hall–Kier alpha value is -8.97. The summed E-state index contributed by atoms with van der Waals surface area (Å²) in [6.45, 7) is 6.23. The summed E-state index contributed by atoms with van der Waals surface area (Å²) in [4.78, 5) is 44.6. The predicted molar refractivity (Wildman–Crippen MR) is 353 cm³/mol. The number of nitrogens with zero attached hydrogens (tertiary/aromatic N) is 16. The minimum Gasteiger partial charge on any atom is -0.387 e. The standard InChI is InChI=1S/C17H20F5N5O.C16H17BrF5N5.C16H18F5N5O.C16H16F5N5O/c1-10(28-2)12-9-14(23-11-3-6-16(18,19)7-4-11)25-15(24-12)27-8-5-13(26-27)17(20,21)22;1-9(17)11-8-13(23-10-2-5-15(18,19)6-3-10)25-14(24-11)27-7-4-12(26-27)16(20,21)22;2*1-9(27)11-8-13(22-10-2-5-15(17,18)6-3-10)24-14(23-11)26-7-4-12(25-26)16(19,20)21/h5,8-11H,3-4,6-7H2,1-2H3,(H,23,24,25);4,7-10H,2-3,5-6H2,1H3,(H,23,24,25);4,7-10,27H,2-3,5-6H2,1H3,(H,22,23,24);4,7-8,10H,2-3,5-6H2,1H3,(H,22,23,24). The van der Waals surface area contributed by atoms with Crippen LogP contribution in [-0.2, 0) is 29.4 Å². The molecular weight excluding hydrogens is 1570 g/mol. The van der Waals surface area contributed by atoms with E-state index in [0.29, 0.717) is 23.0 Å². The molecule has 4 fully saturated rings. The summed E-state index contributed by atoms with van der Waals surface area (Å²) in [5, 5.41) is 35.7. The molecule has 12 rings (SSSR count). The highest BCUT2D eigenvalue weighted by Crippen LogP contribution is 2.40. The number of rotatable bonds is 17. The highest BCUT2D eigenvalue weighted by atomic mass is 79.9. The summed E-state index contributed by atoms with van der Waals surface area (Å²) in [5.41, 5.74) is -3.22. The van der Waals surface area contributed by atoms with Crippen molar-refractivity contribution in [2.75, 3.05) is 28.4 Å². The molecular formula is C65H71BrF20N20O3. The van der Waals surface area contributed by atoms with Crippen LogP contribution in [0.2, 0.25) is 0 Å². The number of nitrogens with one attached hydrogen (secondary N) is 4. The van der Waals surface area contributed by atoms with Gasteiger partial charge < -0.3 is 31.1 Å². The maximum atomic E-state index is 13.3. The predicted octanol–water partition coefficient (Wildman–Crippen LogP) is 17.1. The van der Waals surface area contributed by atoms with Crippen LogP contribution in [0.3, 0.4) is 0 Å². The molecule has 109 heavy (non-hydrogen) atoms. The van der Waals surface area contributed by atoms with Crippen LogP contribution in [0.15, 0.2) is 73.3 Å². The number of carbonyl (C=O) groups excluding carboxylic acids is 1. The molecule has 0 amide bonds. The Kier molecular flexibility index (Phi) is 26.0. The van der Waals surface area contributed by atoms with E-state index >= 15 is 0 Å². The molecule has 4 aliphatic rings. The molecule has 0 saturated heterocycles. The number of aromatic nitrogens is 16. The van der Waals surface area contributed by atoms with E-state index in [0.717, 1.165) is 67.8 Å². The molecule has 0 aliphatic heterocycles. The topological polar surface area (TPSA) is 269 Å². The largest absolute Gasteiger partial charge is 0.435 e. The van der Waals surface area contributed by atoms with E-state index in [1.807, 2.05) is 0 Å². The number of anilines is 4. The summed E-state index contributed by atoms with van der Waals surface area (Å²) >= 11 is 3.37. The van der Waals surface area contributed by atoms with Crippen LogP contribution in [0.1, 0.15) is 198 Å². The highest BCUT2D eigenvalue weighted by molar-refractivity contribution is 9.09. The van der Waals surface area contributed by atoms with E-state index in [9.17, 15) is 97.7 Å². The Morgan fingerprint density at radius 1 is 0.431 bits per heavy atom. The lowest BCUT2D eigenvalue weighted by molar-refractivity contribution is -0.142. The number of aliphatic hydroxyl groups is 1. The number of Topliss-reactive ketones (excluding diaryl/α,β-unsaturated/α-hetero) is 1. The molecule has 23 nitrogen and oxygen atoms in total. The quantitative estimate of drug-likeness (QED) is 0.0322. The van der Waals surface area contributed by atoms with Crippen LogP contribution in [-0.4, -0.2) is 145 Å². The van der Waals surface area contributed by atoms with Gasteiger partial charge in [-0.1, -0.05) is 15.9 Å². The normalized spacial score (nSPS) is 18.7. The van der Waals surface area contributed by atoms with Gasteiger partial charge in [-0.05, 0) is 96.4 Å². The molecule has 8 aromatic rings. The first-order valence-corrected chi connectivity index (χ1v) is 34.6. The van der Waals surface area contributed by atoms with Gasteiger partial charge in [0.15, 0.2) is 28.6 Å². The Bertz CT molecular complexity index is 4200. The van der Waals surface area contributed by atoms with Crippen molar-refractivity contribution in [2.45, 2.75) is 220 Å². The molecule has 4 saturated carbocycles. The van der Waals surface area contributed by atoms with Crippen LogP contribution in [0.25, 0.3) is 23.8 Å². The third-order valence-electron chi connectivity index (χ3n) is 17.5. The number of carbonyl (C=O) groups is 1. The average Bonchev–Trinajstić information content (AvgIpc) is 1.73. The van der Waals surface area contributed by atoms with Crippen molar-refractivity contribution in [1.29, 1.82) is 0 Å². The van der Waals surface area contributed by atoms with E-state index in [2.05, 4.69) is 97.5 Å². The summed E-state index contributed by atoms with van der Waals surface area (Å²) in [6.07, 6.45) is -15.4. The Balaban J connectivity index is 0.000000167. The number of aliphatic hydroxyl groups excluding tert-OH is 1. The second-order valence-corrected chi connectivity index (χ2v) is 27.6. The molecule has 0 spiro atoms. The molecule has 0 bridgehead atoms. The van der Waals surface area contributed by atoms with Crippen LogP contribution < -0.4 is 21.3 Å². The first kappa shape index (κ1) is 84.1. The molecule has 3 atom stereocenters. The van der Waals surface area contributed by atoms with Crippen molar-refractivity contribution in [1.82, 2.24) is 79.0 Å². The molecule has 44 heteroatoms. The number of methoxy groups -OCH3 is 1. The van der Waals surface area contributed by atoms with E-state index in [1.165, 1.54) is 33.1 Å². The van der Waals surface area contributed by atoms with E-state index < -0.39 is 89.2 Å². The molecule has 4 aliphatic carbocycles. The summed E-state index contributed by atoms with van der Waals surface area (Å²) < 4.78 is 268. The van der Waals surface area contributed by atoms with Gasteiger partial charge >= 0.3 is 24.7 Å². The summed E-state index contributed by atoms with van der Waals surface area (Å²) in [7, 11) is 1.47. The van der Waals surface area contributed by atoms with Crippen LogP contribution in [0, 0.1) is 0 Å². The zero-order chi connectivity index (χ0) is 80.0. The second kappa shape index (κ2) is 33.7. The van der Waals surface area contributed by atoms with E-state index in [-0.39, 0.29) is 179 Å². The molecule has 3 unspecified atom stereocenters. The van der Waals surface area contributed by atoms with Crippen LogP contribution >= 0.6 is 15.9 Å². The van der Waals surface area contributed by atoms with Gasteiger partial charge in [0.2, 0.25) is 23.7 Å². The minimum absolute atomic E-state index is 0.0207. The lowest BCUT2D eigenvalue weighted by atomic mass is 9.92. The number of ether oxygens (including phenoxy) is 1. The van der Waals surface area contributed by atoms with Crippen molar-refractivity contribution in [2.24, 2.45) is 0 Å². The van der Waals surface area contributed by atoms with Gasteiger partial charge in [-0.2, -0.15) is 93.0 Å². The fourth-order valence-electron chi connectivity index (χ4n) is 11.3. The van der Waals surface area contributed by atoms with Crippen molar-refractivity contribution < 1.29 is 102 Å². The smallest absolute Gasteiger partial charge is 0.387 e. The highest BCUT2D eigenvalue weighted by Gasteiger charge is 2.41. The molecule has 0 radical (unpaired) electrons. The fourth-order valence-corrected chi connectivity index (χ4v) is 11.6. The molecule has 8 heterocycles. The number of ketones is 1. The van der Waals surface area contributed by atoms with Crippen LogP contribution in [0.5, 0.6) is 0 Å². The van der Waals surface area contributed by atoms with E-state index in [4.69, 9.17) is 4.74 Å². The van der Waals surface area contributed by atoms with E-state index in [1.54, 1.807) is 26.0 Å². The number of hydrogen-bond donors (Lipinski definition) is 5. The third kappa shape index (κ3) is 24.0. The van der Waals surface area contributed by atoms with Gasteiger partial charge in [-0.25, -0.2) is 73.8 Å². The maximum absolute atomic E-state index is 13.3. The average molecular weight is 1640 g/mol. The van der Waals surface area contributed by atoms with Gasteiger partial charge in [0.05, 0.1) is 34.1 Å². The molecule has 596 valence electrons. The second-order valence-electron chi connectivity index (χ2n) is 26.3. The molecule has 5 N–H and O–H groups in total. The number of alkyl halides is 21. The van der Waals surface area contributed by atoms with Gasteiger partial charge in [-0.3, -0.25) is 4.79 Å². The lowest BCUT2D eigenvalue weighted by Crippen LogP contribution is -2.32. The zero-order valence-corrected chi connectivity index (χ0v) is 59.7. The van der Waals surface area contributed by atoms with Gasteiger partial charge in [0.1, 0.15) is 29.0 Å². The van der Waals surface area contributed by atoms with Crippen molar-refractivity contribution >= 4 is 45.0 Å². The SMILES string of the molecule is CC(=O)c1cc(NC2CCC(F)(F)CC2)nc(-n2ccc(C(F)(F)F)n2)n1.CC(Br)c1cc(NC2CCC(F)(F)CC2)nc(-n2ccc(C(F)(F)F)n2)n1.CC(O)c1cc(NC2CCC(F)(F)CC2)nc(-n2ccc(C(F)(F)F)n2)n1.COC(C)c1cc(NC2CCC(F)(F)CC2)nc(-n2ccc(C(F)(F)F)n2)n1. The Labute approximate surface area is 615 Å². The number of hydrogen-bond acceptors (Lipinski definition) is 19.